The maximum Gasteiger partial charge on any atom is 0.279 e. The molecule has 0 fully saturated rings. The second-order valence-corrected chi connectivity index (χ2v) is 7.22. The fourth-order valence-electron chi connectivity index (χ4n) is 2.54. The molecule has 8 heteroatoms. The summed E-state index contributed by atoms with van der Waals surface area (Å²) >= 11 is 4.53. The van der Waals surface area contributed by atoms with Crippen LogP contribution in [-0.4, -0.2) is 21.1 Å². The van der Waals surface area contributed by atoms with Gasteiger partial charge in [-0.25, -0.2) is 4.99 Å². The van der Waals surface area contributed by atoms with Gasteiger partial charge in [-0.1, -0.05) is 33.3 Å². The number of benzene rings is 2. The standard InChI is InChI=1S/C17H10BrN3O3S/c18-8-4-5-12-11(6-8)13(15(23)20-12)14-16(24)21-17(25-14)19-9-2-1-3-10(22)7-9/h1-7,22,24H,(H,19,21). The molecule has 0 aliphatic carbocycles. The fourth-order valence-corrected chi connectivity index (χ4v) is 3.83. The smallest absolute Gasteiger partial charge is 0.279 e. The number of carbonyl (C=O) groups is 1. The lowest BCUT2D eigenvalue weighted by molar-refractivity contribution is -0.112. The van der Waals surface area contributed by atoms with E-state index in [9.17, 15) is 15.0 Å². The Morgan fingerprint density at radius 2 is 1.96 bits per heavy atom. The van der Waals surface area contributed by atoms with Crippen LogP contribution in [0.3, 0.4) is 0 Å². The van der Waals surface area contributed by atoms with E-state index >= 15 is 0 Å². The Balaban J connectivity index is 1.80. The monoisotopic (exact) mass is 415 g/mol. The highest BCUT2D eigenvalue weighted by Gasteiger charge is 2.25. The van der Waals surface area contributed by atoms with Crippen LogP contribution in [0.2, 0.25) is 0 Å². The van der Waals surface area contributed by atoms with E-state index < -0.39 is 5.91 Å². The average Bonchev–Trinajstić information content (AvgIpc) is 3.06. The van der Waals surface area contributed by atoms with E-state index in [1.165, 1.54) is 6.07 Å². The van der Waals surface area contributed by atoms with Crippen molar-refractivity contribution in [2.24, 2.45) is 4.99 Å². The summed E-state index contributed by atoms with van der Waals surface area (Å²) in [6.45, 7) is 0. The molecule has 0 saturated carbocycles. The minimum atomic E-state index is -0.407. The third kappa shape index (κ3) is 2.90. The van der Waals surface area contributed by atoms with Gasteiger partial charge in [-0.05, 0) is 30.3 Å². The van der Waals surface area contributed by atoms with E-state index in [-0.39, 0.29) is 11.6 Å². The summed E-state index contributed by atoms with van der Waals surface area (Å²) in [5.74, 6) is -0.529. The van der Waals surface area contributed by atoms with Gasteiger partial charge in [0.1, 0.15) is 10.6 Å². The van der Waals surface area contributed by atoms with Crippen molar-refractivity contribution in [2.45, 2.75) is 0 Å². The second-order valence-electron chi connectivity index (χ2n) is 5.30. The predicted molar refractivity (Wildman–Crippen MR) is 97.6 cm³/mol. The minimum Gasteiger partial charge on any atom is -0.508 e. The van der Waals surface area contributed by atoms with Gasteiger partial charge in [0.2, 0.25) is 5.88 Å². The summed E-state index contributed by atoms with van der Waals surface area (Å²) in [6.07, 6.45) is 0. The number of hydrogen-bond donors (Lipinski definition) is 3. The van der Waals surface area contributed by atoms with Gasteiger partial charge >= 0.3 is 0 Å². The first-order valence-corrected chi connectivity index (χ1v) is 8.81. The Morgan fingerprint density at radius 1 is 1.12 bits per heavy atom. The molecule has 0 saturated heterocycles. The molecule has 124 valence electrons. The van der Waals surface area contributed by atoms with Gasteiger partial charge in [0.25, 0.3) is 5.91 Å². The van der Waals surface area contributed by atoms with E-state index in [0.717, 1.165) is 15.8 Å². The Kier molecular flexibility index (Phi) is 3.78. The van der Waals surface area contributed by atoms with Crippen molar-refractivity contribution in [2.75, 3.05) is 5.32 Å². The van der Waals surface area contributed by atoms with E-state index in [1.807, 2.05) is 0 Å². The average molecular weight is 416 g/mol. The van der Waals surface area contributed by atoms with Crippen molar-refractivity contribution in [3.8, 4) is 11.6 Å². The Morgan fingerprint density at radius 3 is 2.76 bits per heavy atom. The number of phenolic OH excluding ortho intramolecular Hbond substituents is 1. The van der Waals surface area contributed by atoms with Crippen LogP contribution in [0, 0.1) is 0 Å². The summed E-state index contributed by atoms with van der Waals surface area (Å²) in [5, 5.41) is 24.4. The highest BCUT2D eigenvalue weighted by molar-refractivity contribution is 9.10. The van der Waals surface area contributed by atoms with Gasteiger partial charge < -0.3 is 15.5 Å². The molecule has 0 unspecified atom stereocenters. The van der Waals surface area contributed by atoms with E-state index in [4.69, 9.17) is 0 Å². The zero-order valence-corrected chi connectivity index (χ0v) is 14.9. The summed E-state index contributed by atoms with van der Waals surface area (Å²) in [6, 6.07) is 11.9. The van der Waals surface area contributed by atoms with Crippen molar-refractivity contribution in [3.63, 3.8) is 0 Å². The lowest BCUT2D eigenvalue weighted by Crippen LogP contribution is -2.22. The van der Waals surface area contributed by atoms with Gasteiger partial charge in [0.15, 0.2) is 5.13 Å². The van der Waals surface area contributed by atoms with Crippen molar-refractivity contribution >= 4 is 49.6 Å². The highest BCUT2D eigenvalue weighted by atomic mass is 79.9. The number of nitrogens with one attached hydrogen (secondary N) is 1. The van der Waals surface area contributed by atoms with Gasteiger partial charge in [-0.15, -0.1) is 0 Å². The SMILES string of the molecule is O=C1N=c2ccc(Br)cc2=C1c1sc(Nc2cccc(O)c2)nc1O. The topological polar surface area (TPSA) is 94.8 Å². The quantitative estimate of drug-likeness (QED) is 0.610. The molecular weight excluding hydrogens is 406 g/mol. The Bertz CT molecular complexity index is 1140. The molecule has 1 amide bonds. The molecule has 4 rings (SSSR count). The number of phenols is 1. The molecule has 0 atom stereocenters. The van der Waals surface area contributed by atoms with Crippen LogP contribution in [0.4, 0.5) is 10.8 Å². The number of hydrogen-bond acceptors (Lipinski definition) is 6. The van der Waals surface area contributed by atoms with E-state index in [0.29, 0.717) is 31.8 Å². The summed E-state index contributed by atoms with van der Waals surface area (Å²) in [5.41, 5.74) is 0.950. The zero-order valence-electron chi connectivity index (χ0n) is 12.5. The summed E-state index contributed by atoms with van der Waals surface area (Å²) in [4.78, 5) is 20.7. The maximum atomic E-state index is 12.3. The van der Waals surface area contributed by atoms with Crippen molar-refractivity contribution < 1.29 is 15.0 Å². The van der Waals surface area contributed by atoms with Crippen molar-refractivity contribution in [3.05, 3.63) is 62.4 Å². The molecule has 1 aliphatic heterocycles. The predicted octanol–water partition coefficient (Wildman–Crippen LogP) is 2.42. The lowest BCUT2D eigenvalue weighted by atomic mass is 10.1. The van der Waals surface area contributed by atoms with Crippen LogP contribution < -0.4 is 15.9 Å². The number of fused-ring (bicyclic) bond motifs is 1. The number of carbonyl (C=O) groups excluding carboxylic acids is 1. The van der Waals surface area contributed by atoms with Crippen LogP contribution in [0.5, 0.6) is 11.6 Å². The molecule has 2 aromatic carbocycles. The first-order chi connectivity index (χ1) is 12.0. The number of thiazole rings is 1. The largest absolute Gasteiger partial charge is 0.508 e. The molecule has 1 aliphatic rings. The maximum absolute atomic E-state index is 12.3. The van der Waals surface area contributed by atoms with Crippen LogP contribution in [0.25, 0.3) is 5.57 Å². The molecule has 25 heavy (non-hydrogen) atoms. The molecule has 0 radical (unpaired) electrons. The number of rotatable bonds is 3. The normalized spacial score (nSPS) is 12.8. The molecule has 0 spiro atoms. The van der Waals surface area contributed by atoms with Gasteiger partial charge in [0.05, 0.1) is 10.9 Å². The fraction of sp³-hybridized carbons (Fsp3) is 0. The summed E-state index contributed by atoms with van der Waals surface area (Å²) < 4.78 is 0.816. The number of amides is 1. The molecule has 2 heterocycles. The molecule has 3 aromatic rings. The van der Waals surface area contributed by atoms with Gasteiger partial charge in [-0.2, -0.15) is 4.98 Å². The first kappa shape index (κ1) is 15.8. The van der Waals surface area contributed by atoms with Crippen LogP contribution in [-0.2, 0) is 4.79 Å². The molecule has 1 aromatic heterocycles. The third-order valence-corrected chi connectivity index (χ3v) is 5.07. The minimum absolute atomic E-state index is 0.115. The van der Waals surface area contributed by atoms with Crippen molar-refractivity contribution in [1.82, 2.24) is 4.98 Å². The number of nitrogens with zero attached hydrogens (tertiary/aromatic N) is 2. The van der Waals surface area contributed by atoms with Crippen LogP contribution in [0.1, 0.15) is 4.88 Å². The van der Waals surface area contributed by atoms with Gasteiger partial charge in [-0.3, -0.25) is 4.79 Å². The highest BCUT2D eigenvalue weighted by Crippen LogP contribution is 2.35. The number of anilines is 2. The zero-order chi connectivity index (χ0) is 17.6. The molecule has 3 N–H and O–H groups in total. The van der Waals surface area contributed by atoms with Crippen molar-refractivity contribution in [1.29, 1.82) is 0 Å². The molecule has 6 nitrogen and oxygen atoms in total. The summed E-state index contributed by atoms with van der Waals surface area (Å²) in [7, 11) is 0. The Hall–Kier alpha value is -2.71. The number of halogens is 1. The molecular formula is C17H10BrN3O3S. The van der Waals surface area contributed by atoms with Crippen LogP contribution in [0.15, 0.2) is 51.9 Å². The lowest BCUT2D eigenvalue weighted by Gasteiger charge is -2.01. The number of aromatic hydroxyl groups is 2. The number of aromatic nitrogens is 1. The second kappa shape index (κ2) is 5.98. The molecule has 0 bridgehead atoms. The third-order valence-electron chi connectivity index (χ3n) is 3.60. The first-order valence-electron chi connectivity index (χ1n) is 7.20. The van der Waals surface area contributed by atoms with E-state index in [2.05, 4.69) is 31.2 Å². The van der Waals surface area contributed by atoms with Gasteiger partial charge in [0, 0.05) is 21.4 Å². The van der Waals surface area contributed by atoms with E-state index in [1.54, 1.807) is 36.4 Å². The Labute approximate surface area is 154 Å². The van der Waals surface area contributed by atoms with Crippen LogP contribution >= 0.6 is 27.3 Å².